The minimum absolute atomic E-state index is 0.680. The lowest BCUT2D eigenvalue weighted by molar-refractivity contribution is 0.123. The zero-order valence-corrected chi connectivity index (χ0v) is 13.9. The van der Waals surface area contributed by atoms with E-state index < -0.39 is 0 Å². The number of halogens is 1. The van der Waals surface area contributed by atoms with Crippen molar-refractivity contribution >= 4 is 15.9 Å². The van der Waals surface area contributed by atoms with E-state index in [1.165, 1.54) is 16.7 Å². The highest BCUT2D eigenvalue weighted by molar-refractivity contribution is 9.09. The first-order valence-electron chi connectivity index (χ1n) is 7.17. The van der Waals surface area contributed by atoms with E-state index in [9.17, 15) is 0 Å². The Balaban J connectivity index is 1.79. The van der Waals surface area contributed by atoms with Crippen molar-refractivity contribution < 1.29 is 9.47 Å². The summed E-state index contributed by atoms with van der Waals surface area (Å²) < 4.78 is 11.0. The predicted molar refractivity (Wildman–Crippen MR) is 90.3 cm³/mol. The molecule has 3 heteroatoms. The zero-order chi connectivity index (χ0) is 14.9. The number of benzene rings is 2. The highest BCUT2D eigenvalue weighted by Gasteiger charge is 2.01. The summed E-state index contributed by atoms with van der Waals surface area (Å²) in [6, 6.07) is 16.6. The summed E-state index contributed by atoms with van der Waals surface area (Å²) in [5.41, 5.74) is 3.91. The van der Waals surface area contributed by atoms with Gasteiger partial charge in [-0.05, 0) is 41.7 Å². The van der Waals surface area contributed by atoms with Gasteiger partial charge in [-0.3, -0.25) is 0 Å². The lowest BCUT2D eigenvalue weighted by atomic mass is 10.1. The Bertz CT molecular complexity index is 537. The maximum absolute atomic E-state index is 5.82. The van der Waals surface area contributed by atoms with Crippen molar-refractivity contribution in [3.8, 4) is 5.75 Å². The third kappa shape index (κ3) is 5.18. The summed E-state index contributed by atoms with van der Waals surface area (Å²) in [6.45, 7) is 1.41. The van der Waals surface area contributed by atoms with Crippen LogP contribution in [0.2, 0.25) is 0 Å². The molecule has 2 aromatic rings. The molecule has 112 valence electrons. The smallest absolute Gasteiger partial charge is 0.118 e. The van der Waals surface area contributed by atoms with Crippen LogP contribution >= 0.6 is 15.9 Å². The van der Waals surface area contributed by atoms with Crippen molar-refractivity contribution in [3.05, 3.63) is 65.2 Å². The molecule has 0 aromatic heterocycles. The average Bonchev–Trinajstić information content (AvgIpc) is 2.54. The third-order valence-electron chi connectivity index (χ3n) is 3.43. The van der Waals surface area contributed by atoms with Crippen LogP contribution in [0.4, 0.5) is 0 Å². The molecule has 0 spiro atoms. The van der Waals surface area contributed by atoms with Crippen LogP contribution in [0, 0.1) is 0 Å². The monoisotopic (exact) mass is 348 g/mol. The molecule has 0 fully saturated rings. The van der Waals surface area contributed by atoms with Crippen molar-refractivity contribution in [2.24, 2.45) is 0 Å². The van der Waals surface area contributed by atoms with Gasteiger partial charge in [-0.15, -0.1) is 0 Å². The molecule has 0 aliphatic carbocycles. The van der Waals surface area contributed by atoms with Crippen molar-refractivity contribution in [3.63, 3.8) is 0 Å². The normalized spacial score (nSPS) is 10.6. The molecule has 0 aliphatic heterocycles. The molecule has 2 rings (SSSR count). The molecule has 21 heavy (non-hydrogen) atoms. The molecule has 0 radical (unpaired) electrons. The first-order chi connectivity index (χ1) is 10.3. The summed E-state index contributed by atoms with van der Waals surface area (Å²) in [7, 11) is 1.68. The van der Waals surface area contributed by atoms with E-state index in [4.69, 9.17) is 9.47 Å². The second-order valence-corrected chi connectivity index (χ2v) is 5.65. The van der Waals surface area contributed by atoms with Gasteiger partial charge >= 0.3 is 0 Å². The Kier molecular flexibility index (Phi) is 6.77. The number of hydrogen-bond acceptors (Lipinski definition) is 2. The van der Waals surface area contributed by atoms with E-state index in [2.05, 4.69) is 52.3 Å². The standard InChI is InChI=1S/C18H21BrO2/c1-20-18-8-6-15(7-9-18)11-13-21-14-17-5-3-2-4-16(17)10-12-19/h2-9H,10-14H2,1H3. The fourth-order valence-electron chi connectivity index (χ4n) is 2.21. The average molecular weight is 349 g/mol. The van der Waals surface area contributed by atoms with E-state index in [0.717, 1.165) is 30.5 Å². The maximum atomic E-state index is 5.82. The van der Waals surface area contributed by atoms with Crippen molar-refractivity contribution in [2.45, 2.75) is 19.4 Å². The molecule has 0 heterocycles. The molecule has 0 N–H and O–H groups in total. The number of alkyl halides is 1. The second-order valence-electron chi connectivity index (χ2n) is 4.86. The van der Waals surface area contributed by atoms with Crippen molar-refractivity contribution in [1.29, 1.82) is 0 Å². The van der Waals surface area contributed by atoms with Gasteiger partial charge in [-0.25, -0.2) is 0 Å². The Morgan fingerprint density at radius 3 is 2.29 bits per heavy atom. The van der Waals surface area contributed by atoms with Gasteiger partial charge in [0.1, 0.15) is 5.75 Å². The van der Waals surface area contributed by atoms with E-state index in [1.807, 2.05) is 12.1 Å². The molecule has 0 saturated heterocycles. The van der Waals surface area contributed by atoms with Crippen LogP contribution in [0.5, 0.6) is 5.75 Å². The molecule has 0 atom stereocenters. The molecule has 2 nitrogen and oxygen atoms in total. The predicted octanol–water partition coefficient (Wildman–Crippen LogP) is 4.39. The number of rotatable bonds is 8. The molecule has 2 aromatic carbocycles. The van der Waals surface area contributed by atoms with Crippen LogP contribution in [-0.2, 0) is 24.2 Å². The summed E-state index contributed by atoms with van der Waals surface area (Å²) in [5, 5.41) is 0.982. The molecule has 0 aliphatic rings. The molecule has 0 saturated carbocycles. The Labute approximate surface area is 135 Å². The van der Waals surface area contributed by atoms with E-state index in [1.54, 1.807) is 7.11 Å². The lowest BCUT2D eigenvalue weighted by Crippen LogP contribution is -2.02. The van der Waals surface area contributed by atoms with Crippen LogP contribution < -0.4 is 4.74 Å². The minimum Gasteiger partial charge on any atom is -0.497 e. The highest BCUT2D eigenvalue weighted by Crippen LogP contribution is 2.14. The molecule has 0 amide bonds. The minimum atomic E-state index is 0.680. The van der Waals surface area contributed by atoms with E-state index >= 15 is 0 Å². The van der Waals surface area contributed by atoms with Crippen molar-refractivity contribution in [2.75, 3.05) is 19.0 Å². The van der Waals surface area contributed by atoms with Gasteiger partial charge in [0.15, 0.2) is 0 Å². The quantitative estimate of drug-likeness (QED) is 0.520. The summed E-state index contributed by atoms with van der Waals surface area (Å²) >= 11 is 3.49. The number of hydrogen-bond donors (Lipinski definition) is 0. The first-order valence-corrected chi connectivity index (χ1v) is 8.29. The highest BCUT2D eigenvalue weighted by atomic mass is 79.9. The third-order valence-corrected chi connectivity index (χ3v) is 3.83. The molecular formula is C18H21BrO2. The van der Waals surface area contributed by atoms with Gasteiger partial charge in [0.25, 0.3) is 0 Å². The molecule has 0 bridgehead atoms. The van der Waals surface area contributed by atoms with Gasteiger partial charge in [0.2, 0.25) is 0 Å². The second kappa shape index (κ2) is 8.85. The van der Waals surface area contributed by atoms with E-state index in [-0.39, 0.29) is 0 Å². The van der Waals surface area contributed by atoms with Gasteiger partial charge < -0.3 is 9.47 Å². The SMILES string of the molecule is COc1ccc(CCOCc2ccccc2CCBr)cc1. The summed E-state index contributed by atoms with van der Waals surface area (Å²) in [5.74, 6) is 0.892. The largest absolute Gasteiger partial charge is 0.497 e. The van der Waals surface area contributed by atoms with Gasteiger partial charge in [0.05, 0.1) is 20.3 Å². The Morgan fingerprint density at radius 2 is 1.62 bits per heavy atom. The zero-order valence-electron chi connectivity index (χ0n) is 12.3. The van der Waals surface area contributed by atoms with Gasteiger partial charge in [-0.2, -0.15) is 0 Å². The first kappa shape index (κ1) is 16.1. The molecular weight excluding hydrogens is 328 g/mol. The van der Waals surface area contributed by atoms with Crippen LogP contribution in [0.25, 0.3) is 0 Å². The topological polar surface area (TPSA) is 18.5 Å². The Hall–Kier alpha value is -1.32. The van der Waals surface area contributed by atoms with E-state index in [0.29, 0.717) is 6.61 Å². The van der Waals surface area contributed by atoms with Crippen molar-refractivity contribution in [1.82, 2.24) is 0 Å². The Morgan fingerprint density at radius 1 is 0.905 bits per heavy atom. The number of aryl methyl sites for hydroxylation is 1. The van der Waals surface area contributed by atoms with Crippen LogP contribution in [-0.4, -0.2) is 19.0 Å². The summed E-state index contributed by atoms with van der Waals surface area (Å²) in [6.07, 6.45) is 1.96. The number of ether oxygens (including phenoxy) is 2. The summed E-state index contributed by atoms with van der Waals surface area (Å²) in [4.78, 5) is 0. The lowest BCUT2D eigenvalue weighted by Gasteiger charge is -2.09. The fourth-order valence-corrected chi connectivity index (χ4v) is 2.64. The van der Waals surface area contributed by atoms with Crippen LogP contribution in [0.15, 0.2) is 48.5 Å². The van der Waals surface area contributed by atoms with Crippen LogP contribution in [0.1, 0.15) is 16.7 Å². The molecule has 0 unspecified atom stereocenters. The maximum Gasteiger partial charge on any atom is 0.118 e. The van der Waals surface area contributed by atoms with Crippen LogP contribution in [0.3, 0.4) is 0 Å². The number of methoxy groups -OCH3 is 1. The van der Waals surface area contributed by atoms with Gasteiger partial charge in [0, 0.05) is 5.33 Å². The van der Waals surface area contributed by atoms with Gasteiger partial charge in [-0.1, -0.05) is 52.3 Å². The fraction of sp³-hybridized carbons (Fsp3) is 0.333.